The molecule has 5 heteroatoms. The van der Waals surface area contributed by atoms with Crippen LogP contribution in [0, 0.1) is 0 Å². The van der Waals surface area contributed by atoms with Gasteiger partial charge in [-0.2, -0.15) is 0 Å². The van der Waals surface area contributed by atoms with Gasteiger partial charge in [0, 0.05) is 0 Å². The van der Waals surface area contributed by atoms with Crippen LogP contribution in [0.5, 0.6) is 0 Å². The standard InChI is InChI=1S/C14H14O4S/c15-14(19(16,17)18)13-8-6-12(7-9-13)10-11-4-2-1-3-5-11/h1-9,14-15H,10H2,(H,16,17,18)/p-1. The second-order valence-electron chi connectivity index (χ2n) is 4.25. The summed E-state index contributed by atoms with van der Waals surface area (Å²) in [6.07, 6.45) is 0.710. The molecule has 0 fully saturated rings. The third-order valence-electron chi connectivity index (χ3n) is 2.79. The van der Waals surface area contributed by atoms with E-state index in [9.17, 15) is 18.1 Å². The maximum absolute atomic E-state index is 10.7. The second kappa shape index (κ2) is 5.52. The van der Waals surface area contributed by atoms with Gasteiger partial charge in [0.15, 0.2) is 5.44 Å². The van der Waals surface area contributed by atoms with Crippen molar-refractivity contribution in [2.24, 2.45) is 0 Å². The minimum atomic E-state index is -4.72. The Labute approximate surface area is 112 Å². The molecule has 2 aromatic carbocycles. The van der Waals surface area contributed by atoms with E-state index in [2.05, 4.69) is 0 Å². The van der Waals surface area contributed by atoms with Crippen LogP contribution in [0.3, 0.4) is 0 Å². The van der Waals surface area contributed by atoms with E-state index >= 15 is 0 Å². The average molecular weight is 277 g/mol. The molecule has 1 N–H and O–H groups in total. The molecule has 0 aromatic heterocycles. The second-order valence-corrected chi connectivity index (χ2v) is 5.68. The Balaban J connectivity index is 2.15. The highest BCUT2D eigenvalue weighted by Crippen LogP contribution is 2.19. The topological polar surface area (TPSA) is 77.4 Å². The maximum Gasteiger partial charge on any atom is 0.168 e. The molecular weight excluding hydrogens is 264 g/mol. The van der Waals surface area contributed by atoms with Gasteiger partial charge < -0.3 is 9.66 Å². The summed E-state index contributed by atoms with van der Waals surface area (Å²) in [4.78, 5) is 0. The molecule has 0 spiro atoms. The van der Waals surface area contributed by atoms with Crippen molar-refractivity contribution in [3.63, 3.8) is 0 Å². The van der Waals surface area contributed by atoms with Gasteiger partial charge in [-0.05, 0) is 23.1 Å². The zero-order chi connectivity index (χ0) is 13.9. The Bertz CT molecular complexity index is 633. The van der Waals surface area contributed by atoms with Crippen molar-refractivity contribution < 1.29 is 18.1 Å². The highest BCUT2D eigenvalue weighted by Gasteiger charge is 2.14. The third kappa shape index (κ3) is 3.64. The van der Waals surface area contributed by atoms with Crippen LogP contribution in [0.4, 0.5) is 0 Å². The molecule has 0 bridgehead atoms. The molecule has 100 valence electrons. The van der Waals surface area contributed by atoms with Gasteiger partial charge in [-0.25, -0.2) is 8.42 Å². The summed E-state index contributed by atoms with van der Waals surface area (Å²) in [7, 11) is -4.72. The van der Waals surface area contributed by atoms with Crippen molar-refractivity contribution in [3.8, 4) is 0 Å². The van der Waals surface area contributed by atoms with Gasteiger partial charge in [-0.15, -0.1) is 0 Å². The Morgan fingerprint density at radius 2 is 1.47 bits per heavy atom. The first kappa shape index (κ1) is 13.7. The fourth-order valence-corrected chi connectivity index (χ4v) is 2.29. The van der Waals surface area contributed by atoms with Crippen LogP contribution in [0.25, 0.3) is 0 Å². The number of benzene rings is 2. The number of aliphatic hydroxyl groups is 1. The molecule has 0 saturated heterocycles. The van der Waals surface area contributed by atoms with Crippen LogP contribution >= 0.6 is 0 Å². The first-order valence-electron chi connectivity index (χ1n) is 5.72. The molecular formula is C14H13O4S-. The minimum Gasteiger partial charge on any atom is -0.746 e. The minimum absolute atomic E-state index is 0.0896. The van der Waals surface area contributed by atoms with E-state index in [0.29, 0.717) is 6.42 Å². The zero-order valence-electron chi connectivity index (χ0n) is 10.1. The summed E-state index contributed by atoms with van der Waals surface area (Å²) in [5, 5.41) is 9.34. The molecule has 0 aliphatic heterocycles. The summed E-state index contributed by atoms with van der Waals surface area (Å²) in [5.74, 6) is 0. The van der Waals surface area contributed by atoms with Crippen LogP contribution in [-0.2, 0) is 16.5 Å². The molecule has 0 amide bonds. The number of hydrogen-bond acceptors (Lipinski definition) is 4. The van der Waals surface area contributed by atoms with Gasteiger partial charge >= 0.3 is 0 Å². The molecule has 0 saturated carbocycles. The van der Waals surface area contributed by atoms with Crippen LogP contribution in [0.2, 0.25) is 0 Å². The highest BCUT2D eigenvalue weighted by atomic mass is 32.2. The molecule has 19 heavy (non-hydrogen) atoms. The summed E-state index contributed by atoms with van der Waals surface area (Å²) in [6, 6.07) is 16.1. The number of aliphatic hydroxyl groups excluding tert-OH is 1. The fourth-order valence-electron chi connectivity index (χ4n) is 1.80. The smallest absolute Gasteiger partial charge is 0.168 e. The van der Waals surface area contributed by atoms with Gasteiger partial charge in [0.25, 0.3) is 0 Å². The van der Waals surface area contributed by atoms with Crippen molar-refractivity contribution >= 4 is 10.1 Å². The van der Waals surface area contributed by atoms with Crippen molar-refractivity contribution in [3.05, 3.63) is 71.3 Å². The average Bonchev–Trinajstić information content (AvgIpc) is 2.39. The molecule has 0 aliphatic carbocycles. The summed E-state index contributed by atoms with van der Waals surface area (Å²) in [5.41, 5.74) is 0.197. The summed E-state index contributed by atoms with van der Waals surface area (Å²) < 4.78 is 32.1. The molecule has 4 nitrogen and oxygen atoms in total. The van der Waals surface area contributed by atoms with Crippen LogP contribution in [0.15, 0.2) is 54.6 Å². The number of hydrogen-bond donors (Lipinski definition) is 1. The fraction of sp³-hybridized carbons (Fsp3) is 0.143. The maximum atomic E-state index is 10.7. The summed E-state index contributed by atoms with van der Waals surface area (Å²) >= 11 is 0. The van der Waals surface area contributed by atoms with E-state index in [4.69, 9.17) is 0 Å². The molecule has 0 heterocycles. The zero-order valence-corrected chi connectivity index (χ0v) is 10.9. The molecule has 2 rings (SSSR count). The Hall–Kier alpha value is -1.69. The van der Waals surface area contributed by atoms with E-state index in [1.165, 1.54) is 12.1 Å². The van der Waals surface area contributed by atoms with Gasteiger partial charge in [0.05, 0.1) is 0 Å². The highest BCUT2D eigenvalue weighted by molar-refractivity contribution is 7.85. The van der Waals surface area contributed by atoms with Crippen LogP contribution < -0.4 is 0 Å². The van der Waals surface area contributed by atoms with E-state index in [1.54, 1.807) is 12.1 Å². The van der Waals surface area contributed by atoms with E-state index in [1.807, 2.05) is 30.3 Å². The van der Waals surface area contributed by atoms with E-state index < -0.39 is 15.6 Å². The normalized spacial score (nSPS) is 13.2. The van der Waals surface area contributed by atoms with Crippen molar-refractivity contribution in [2.45, 2.75) is 11.9 Å². The van der Waals surface area contributed by atoms with Crippen molar-refractivity contribution in [2.75, 3.05) is 0 Å². The number of rotatable bonds is 4. The first-order valence-corrected chi connectivity index (χ1v) is 7.19. The van der Waals surface area contributed by atoms with Gasteiger partial charge in [0.2, 0.25) is 0 Å². The predicted molar refractivity (Wildman–Crippen MR) is 70.3 cm³/mol. The van der Waals surface area contributed by atoms with Gasteiger partial charge in [0.1, 0.15) is 10.1 Å². The Kier molecular flexibility index (Phi) is 3.99. The lowest BCUT2D eigenvalue weighted by molar-refractivity contribution is 0.236. The lowest BCUT2D eigenvalue weighted by Gasteiger charge is -2.15. The molecule has 2 aromatic rings. The first-order chi connectivity index (χ1) is 8.97. The van der Waals surface area contributed by atoms with Crippen LogP contribution in [0.1, 0.15) is 22.1 Å². The third-order valence-corrected chi connectivity index (χ3v) is 3.61. The quantitative estimate of drug-likeness (QED) is 0.865. The van der Waals surface area contributed by atoms with Crippen molar-refractivity contribution in [1.82, 2.24) is 0 Å². The van der Waals surface area contributed by atoms with E-state index in [0.717, 1.165) is 11.1 Å². The largest absolute Gasteiger partial charge is 0.746 e. The van der Waals surface area contributed by atoms with E-state index in [-0.39, 0.29) is 5.56 Å². The van der Waals surface area contributed by atoms with Gasteiger partial charge in [-0.3, -0.25) is 0 Å². The van der Waals surface area contributed by atoms with Crippen molar-refractivity contribution in [1.29, 1.82) is 0 Å². The van der Waals surface area contributed by atoms with Gasteiger partial charge in [-0.1, -0.05) is 54.6 Å². The SMILES string of the molecule is O=S(=O)([O-])C(O)c1ccc(Cc2ccccc2)cc1. The Morgan fingerprint density at radius 3 is 2.00 bits per heavy atom. The molecule has 0 aliphatic rings. The van der Waals surface area contributed by atoms with Crippen LogP contribution in [-0.4, -0.2) is 18.1 Å². The monoisotopic (exact) mass is 277 g/mol. The Morgan fingerprint density at radius 1 is 0.947 bits per heavy atom. The lowest BCUT2D eigenvalue weighted by Crippen LogP contribution is -2.11. The molecule has 1 atom stereocenters. The predicted octanol–water partition coefficient (Wildman–Crippen LogP) is 1.81. The lowest BCUT2D eigenvalue weighted by atomic mass is 10.0. The molecule has 0 radical (unpaired) electrons. The molecule has 1 unspecified atom stereocenters. The summed E-state index contributed by atoms with van der Waals surface area (Å²) in [6.45, 7) is 0.